The van der Waals surface area contributed by atoms with Crippen molar-refractivity contribution in [3.05, 3.63) is 40.8 Å². The molecule has 2 rings (SSSR count). The van der Waals surface area contributed by atoms with Gasteiger partial charge in [0, 0.05) is 6.54 Å². The molecule has 0 fully saturated rings. The molecule has 1 aromatic rings. The van der Waals surface area contributed by atoms with Gasteiger partial charge in [0.15, 0.2) is 8.32 Å². The first-order valence-corrected chi connectivity index (χ1v) is 15.3. The quantitative estimate of drug-likeness (QED) is 0.407. The highest BCUT2D eigenvalue weighted by molar-refractivity contribution is 7.95. The Balaban J connectivity index is 2.40. The minimum atomic E-state index is -3.59. The molecular formula is C23H37NO5SSi. The van der Waals surface area contributed by atoms with Crippen molar-refractivity contribution in [2.75, 3.05) is 13.7 Å². The fourth-order valence-electron chi connectivity index (χ4n) is 3.52. The molecule has 6 nitrogen and oxygen atoms in total. The van der Waals surface area contributed by atoms with Crippen molar-refractivity contribution in [3.63, 3.8) is 0 Å². The van der Waals surface area contributed by atoms with Gasteiger partial charge in [0.25, 0.3) is 0 Å². The summed E-state index contributed by atoms with van der Waals surface area (Å²) in [7, 11) is -4.36. The van der Waals surface area contributed by atoms with Crippen LogP contribution in [0.5, 0.6) is 0 Å². The number of hydrogen-bond donors (Lipinski definition) is 1. The van der Waals surface area contributed by atoms with Gasteiger partial charge < -0.3 is 14.5 Å². The number of nitrogens with one attached hydrogen (secondary N) is 1. The Hall–Kier alpha value is -1.64. The normalized spacial score (nSPS) is 18.1. The van der Waals surface area contributed by atoms with Gasteiger partial charge in [-0.05, 0) is 67.9 Å². The molecule has 174 valence electrons. The number of ether oxygens (including phenoxy) is 1. The van der Waals surface area contributed by atoms with Gasteiger partial charge in [-0.2, -0.15) is 0 Å². The minimum Gasteiger partial charge on any atom is -0.453 e. The molecular weight excluding hydrogens is 430 g/mol. The van der Waals surface area contributed by atoms with Crippen molar-refractivity contribution in [2.45, 2.75) is 82.0 Å². The van der Waals surface area contributed by atoms with Gasteiger partial charge in [-0.1, -0.05) is 39.0 Å². The molecule has 0 bridgehead atoms. The lowest BCUT2D eigenvalue weighted by atomic mass is 9.93. The van der Waals surface area contributed by atoms with Crippen LogP contribution in [0.25, 0.3) is 0 Å². The summed E-state index contributed by atoms with van der Waals surface area (Å²) in [5.41, 5.74) is 0.867. The molecule has 0 radical (unpaired) electrons. The molecule has 0 saturated heterocycles. The summed E-state index contributed by atoms with van der Waals surface area (Å²) >= 11 is 0. The number of amides is 1. The Morgan fingerprint density at radius 3 is 2.42 bits per heavy atom. The molecule has 1 atom stereocenters. The number of carbonyl (C=O) groups is 1. The van der Waals surface area contributed by atoms with E-state index in [1.807, 2.05) is 6.07 Å². The lowest BCUT2D eigenvalue weighted by Gasteiger charge is -2.41. The summed E-state index contributed by atoms with van der Waals surface area (Å²) < 4.78 is 38.3. The summed E-state index contributed by atoms with van der Waals surface area (Å²) in [6, 6.07) is 8.62. The molecule has 1 amide bonds. The van der Waals surface area contributed by atoms with E-state index in [2.05, 4.69) is 43.9 Å². The zero-order valence-corrected chi connectivity index (χ0v) is 21.5. The summed E-state index contributed by atoms with van der Waals surface area (Å²) in [6.45, 7) is 11.4. The zero-order chi connectivity index (χ0) is 23.3. The van der Waals surface area contributed by atoms with Crippen molar-refractivity contribution in [1.29, 1.82) is 0 Å². The van der Waals surface area contributed by atoms with Crippen molar-refractivity contribution < 1.29 is 22.4 Å². The molecule has 0 spiro atoms. The number of sulfone groups is 1. The van der Waals surface area contributed by atoms with Gasteiger partial charge in [-0.15, -0.1) is 0 Å². The van der Waals surface area contributed by atoms with Crippen LogP contribution in [0.2, 0.25) is 18.1 Å². The number of alkyl carbamates (subject to hydrolysis) is 1. The third kappa shape index (κ3) is 6.43. The fraction of sp³-hybridized carbons (Fsp3) is 0.609. The Bertz CT molecular complexity index is 888. The van der Waals surface area contributed by atoms with E-state index in [0.29, 0.717) is 35.6 Å². The van der Waals surface area contributed by atoms with Gasteiger partial charge >= 0.3 is 6.09 Å². The average Bonchev–Trinajstić information content (AvgIpc) is 2.71. The Morgan fingerprint density at radius 1 is 1.19 bits per heavy atom. The van der Waals surface area contributed by atoms with E-state index in [1.54, 1.807) is 24.3 Å². The lowest BCUT2D eigenvalue weighted by molar-refractivity contribution is 0.170. The maximum absolute atomic E-state index is 13.5. The van der Waals surface area contributed by atoms with Gasteiger partial charge in [0.2, 0.25) is 9.84 Å². The van der Waals surface area contributed by atoms with E-state index in [1.165, 1.54) is 7.11 Å². The third-order valence-corrected chi connectivity index (χ3v) is 12.8. The van der Waals surface area contributed by atoms with E-state index in [4.69, 9.17) is 4.43 Å². The molecule has 31 heavy (non-hydrogen) atoms. The SMILES string of the molecule is COC(=O)NCCCC1=C(S(=O)(=O)c2ccccc2)CCC[C@@H]1O[Si](C)(C)C(C)(C)C. The molecule has 8 heteroatoms. The molecule has 0 heterocycles. The van der Waals surface area contributed by atoms with Crippen LogP contribution >= 0.6 is 0 Å². The van der Waals surface area contributed by atoms with Crippen LogP contribution in [-0.2, 0) is 19.0 Å². The largest absolute Gasteiger partial charge is 0.453 e. The topological polar surface area (TPSA) is 81.7 Å². The predicted molar refractivity (Wildman–Crippen MR) is 126 cm³/mol. The molecule has 0 aliphatic heterocycles. The molecule has 0 aromatic heterocycles. The first kappa shape index (κ1) is 25.6. The van der Waals surface area contributed by atoms with E-state index >= 15 is 0 Å². The van der Waals surface area contributed by atoms with Gasteiger partial charge in [-0.3, -0.25) is 0 Å². The average molecular weight is 468 g/mol. The van der Waals surface area contributed by atoms with Crippen LogP contribution in [0.15, 0.2) is 45.7 Å². The molecule has 0 saturated carbocycles. The van der Waals surface area contributed by atoms with Crippen LogP contribution in [-0.4, -0.2) is 42.6 Å². The summed E-state index contributed by atoms with van der Waals surface area (Å²) in [5, 5.41) is 2.71. The van der Waals surface area contributed by atoms with Crippen molar-refractivity contribution in [3.8, 4) is 0 Å². The summed E-state index contributed by atoms with van der Waals surface area (Å²) in [6.07, 6.45) is 2.62. The monoisotopic (exact) mass is 467 g/mol. The predicted octanol–water partition coefficient (Wildman–Crippen LogP) is 5.42. The van der Waals surface area contributed by atoms with E-state index < -0.39 is 24.2 Å². The van der Waals surface area contributed by atoms with Crippen LogP contribution in [0, 0.1) is 0 Å². The molecule has 1 aromatic carbocycles. The van der Waals surface area contributed by atoms with Crippen molar-refractivity contribution in [1.82, 2.24) is 5.32 Å². The highest BCUT2D eigenvalue weighted by Gasteiger charge is 2.41. The van der Waals surface area contributed by atoms with Crippen molar-refractivity contribution in [2.24, 2.45) is 0 Å². The zero-order valence-electron chi connectivity index (χ0n) is 19.7. The van der Waals surface area contributed by atoms with Crippen LogP contribution in [0.3, 0.4) is 0 Å². The third-order valence-electron chi connectivity index (χ3n) is 6.32. The Labute approximate surface area is 188 Å². The van der Waals surface area contributed by atoms with Crippen LogP contribution in [0.4, 0.5) is 4.79 Å². The maximum atomic E-state index is 13.5. The number of methoxy groups -OCH3 is 1. The lowest BCUT2D eigenvalue weighted by Crippen LogP contribution is -2.45. The number of rotatable bonds is 8. The van der Waals surface area contributed by atoms with E-state index in [0.717, 1.165) is 18.4 Å². The van der Waals surface area contributed by atoms with Gasteiger partial charge in [0.1, 0.15) is 0 Å². The second kappa shape index (κ2) is 10.3. The molecule has 1 N–H and O–H groups in total. The summed E-state index contributed by atoms with van der Waals surface area (Å²) in [4.78, 5) is 12.2. The molecule has 1 aliphatic rings. The number of carbonyl (C=O) groups excluding carboxylic acids is 1. The maximum Gasteiger partial charge on any atom is 0.406 e. The van der Waals surface area contributed by atoms with E-state index in [-0.39, 0.29) is 11.1 Å². The molecule has 0 unspecified atom stereocenters. The standard InChI is InChI=1S/C23H37NO5SSi/c1-23(2,3)31(5,6)29-20-15-10-16-21(19(20)14-11-17-24-22(25)28-4)30(26,27)18-12-8-7-9-13-18/h7-9,12-13,20H,10-11,14-17H2,1-6H3,(H,24,25)/t20-/m0/s1. The summed E-state index contributed by atoms with van der Waals surface area (Å²) in [5.74, 6) is 0. The fourth-order valence-corrected chi connectivity index (χ4v) is 6.63. The van der Waals surface area contributed by atoms with E-state index in [9.17, 15) is 13.2 Å². The second-order valence-corrected chi connectivity index (χ2v) is 16.3. The Kier molecular flexibility index (Phi) is 8.52. The van der Waals surface area contributed by atoms with Crippen LogP contribution in [0.1, 0.15) is 52.9 Å². The highest BCUT2D eigenvalue weighted by Crippen LogP contribution is 2.42. The first-order chi connectivity index (χ1) is 14.4. The highest BCUT2D eigenvalue weighted by atomic mass is 32.2. The molecule has 1 aliphatic carbocycles. The Morgan fingerprint density at radius 2 is 1.84 bits per heavy atom. The number of hydrogen-bond acceptors (Lipinski definition) is 5. The first-order valence-electron chi connectivity index (χ1n) is 10.9. The van der Waals surface area contributed by atoms with Gasteiger partial charge in [-0.25, -0.2) is 13.2 Å². The minimum absolute atomic E-state index is 0.0282. The second-order valence-electron chi connectivity index (χ2n) is 9.55. The number of benzene rings is 1. The van der Waals surface area contributed by atoms with Crippen molar-refractivity contribution >= 4 is 24.2 Å². The van der Waals surface area contributed by atoms with Gasteiger partial charge in [0.05, 0.1) is 23.0 Å². The number of allylic oxidation sites excluding steroid dienone is 1. The smallest absolute Gasteiger partial charge is 0.406 e. The van der Waals surface area contributed by atoms with Crippen LogP contribution < -0.4 is 5.32 Å².